The summed E-state index contributed by atoms with van der Waals surface area (Å²) < 4.78 is 11.7. The minimum atomic E-state index is -1.77. The van der Waals surface area contributed by atoms with Crippen LogP contribution < -0.4 is 0 Å². The van der Waals surface area contributed by atoms with Crippen molar-refractivity contribution >= 4 is 8.32 Å². The number of hydrogen-bond acceptors (Lipinski definition) is 3. The Hall–Kier alpha value is 0.0969. The predicted molar refractivity (Wildman–Crippen MR) is 74.8 cm³/mol. The molecule has 1 N–H and O–H groups in total. The molecule has 0 heterocycles. The van der Waals surface area contributed by atoms with E-state index in [0.717, 1.165) is 0 Å². The summed E-state index contributed by atoms with van der Waals surface area (Å²) in [5.41, 5.74) is 0. The third-order valence-electron chi connectivity index (χ3n) is 3.87. The van der Waals surface area contributed by atoms with Gasteiger partial charge in [-0.2, -0.15) is 0 Å². The quantitative estimate of drug-likeness (QED) is 0.748. The first-order chi connectivity index (χ1) is 7.56. The molecule has 3 nitrogen and oxygen atoms in total. The predicted octanol–water partition coefficient (Wildman–Crippen LogP) is 3.04. The molecule has 0 unspecified atom stereocenters. The van der Waals surface area contributed by atoms with Crippen molar-refractivity contribution in [2.45, 2.75) is 65.0 Å². The van der Waals surface area contributed by atoms with Crippen LogP contribution in [-0.2, 0) is 9.16 Å². The highest BCUT2D eigenvalue weighted by Gasteiger charge is 2.40. The van der Waals surface area contributed by atoms with Crippen LogP contribution in [0.25, 0.3) is 0 Å². The standard InChI is InChI=1S/C13H30O3Si/c1-10(9-14)12(15-6)11(2)16-17(7,8)13(3,4)5/h10-12,14H,9H2,1-8H3/t10-,11-,12-/m1/s1. The van der Waals surface area contributed by atoms with Crippen molar-refractivity contribution in [3.05, 3.63) is 0 Å². The number of ether oxygens (including phenoxy) is 1. The summed E-state index contributed by atoms with van der Waals surface area (Å²) >= 11 is 0. The molecule has 0 amide bonds. The van der Waals surface area contributed by atoms with Gasteiger partial charge in [-0.25, -0.2) is 0 Å². The van der Waals surface area contributed by atoms with E-state index in [0.29, 0.717) is 0 Å². The van der Waals surface area contributed by atoms with Crippen LogP contribution in [-0.4, -0.2) is 39.3 Å². The van der Waals surface area contributed by atoms with E-state index in [9.17, 15) is 5.11 Å². The fraction of sp³-hybridized carbons (Fsp3) is 1.00. The Kier molecular flexibility index (Phi) is 6.35. The smallest absolute Gasteiger partial charge is 0.192 e. The Labute approximate surface area is 108 Å². The molecule has 3 atom stereocenters. The van der Waals surface area contributed by atoms with Gasteiger partial charge in [0.15, 0.2) is 8.32 Å². The number of aliphatic hydroxyl groups excluding tert-OH is 1. The van der Waals surface area contributed by atoms with E-state index in [1.54, 1.807) is 7.11 Å². The van der Waals surface area contributed by atoms with Crippen molar-refractivity contribution in [1.82, 2.24) is 0 Å². The fourth-order valence-corrected chi connectivity index (χ4v) is 3.12. The van der Waals surface area contributed by atoms with E-state index in [2.05, 4.69) is 33.9 Å². The maximum absolute atomic E-state index is 9.22. The summed E-state index contributed by atoms with van der Waals surface area (Å²) in [5, 5.41) is 9.42. The molecule has 0 rings (SSSR count). The van der Waals surface area contributed by atoms with Gasteiger partial charge < -0.3 is 14.3 Å². The average molecular weight is 262 g/mol. The molecule has 0 aromatic heterocycles. The molecular weight excluding hydrogens is 232 g/mol. The van der Waals surface area contributed by atoms with E-state index in [1.807, 2.05) is 13.8 Å². The second-order valence-corrected chi connectivity index (χ2v) is 11.2. The topological polar surface area (TPSA) is 38.7 Å². The van der Waals surface area contributed by atoms with E-state index >= 15 is 0 Å². The molecule has 17 heavy (non-hydrogen) atoms. The highest BCUT2D eigenvalue weighted by atomic mass is 28.4. The van der Waals surface area contributed by atoms with Crippen molar-refractivity contribution in [1.29, 1.82) is 0 Å². The Balaban J connectivity index is 4.67. The SMILES string of the molecule is CO[C@H]([C@H](C)CO)[C@@H](C)O[Si](C)(C)C(C)(C)C. The van der Waals surface area contributed by atoms with Crippen LogP contribution in [0.1, 0.15) is 34.6 Å². The molecule has 0 spiro atoms. The van der Waals surface area contributed by atoms with Crippen molar-refractivity contribution in [2.24, 2.45) is 5.92 Å². The maximum Gasteiger partial charge on any atom is 0.192 e. The third kappa shape index (κ3) is 4.70. The van der Waals surface area contributed by atoms with Gasteiger partial charge in [0.05, 0.1) is 12.2 Å². The highest BCUT2D eigenvalue weighted by Crippen LogP contribution is 2.38. The van der Waals surface area contributed by atoms with Crippen LogP contribution >= 0.6 is 0 Å². The van der Waals surface area contributed by atoms with Gasteiger partial charge >= 0.3 is 0 Å². The lowest BCUT2D eigenvalue weighted by Crippen LogP contribution is -2.48. The number of rotatable bonds is 6. The third-order valence-corrected chi connectivity index (χ3v) is 8.44. The second-order valence-electron chi connectivity index (χ2n) is 6.44. The van der Waals surface area contributed by atoms with Gasteiger partial charge in [0, 0.05) is 19.6 Å². The number of aliphatic hydroxyl groups is 1. The molecule has 4 heteroatoms. The summed E-state index contributed by atoms with van der Waals surface area (Å²) in [4.78, 5) is 0. The minimum Gasteiger partial charge on any atom is -0.412 e. The van der Waals surface area contributed by atoms with Crippen molar-refractivity contribution < 1.29 is 14.3 Å². The minimum absolute atomic E-state index is 0.0167. The van der Waals surface area contributed by atoms with Crippen molar-refractivity contribution in [2.75, 3.05) is 13.7 Å². The molecule has 0 fully saturated rings. The Morgan fingerprint density at radius 3 is 1.94 bits per heavy atom. The first-order valence-corrected chi connectivity index (χ1v) is 9.29. The maximum atomic E-state index is 9.22. The van der Waals surface area contributed by atoms with Crippen LogP contribution in [0.2, 0.25) is 18.1 Å². The molecule has 104 valence electrons. The van der Waals surface area contributed by atoms with Crippen LogP contribution in [0.15, 0.2) is 0 Å². The number of methoxy groups -OCH3 is 1. The molecule has 0 aliphatic heterocycles. The van der Waals surface area contributed by atoms with Gasteiger partial charge in [0.1, 0.15) is 0 Å². The molecule has 0 radical (unpaired) electrons. The first-order valence-electron chi connectivity index (χ1n) is 6.38. The Morgan fingerprint density at radius 1 is 1.18 bits per heavy atom. The molecule has 0 aromatic carbocycles. The molecule has 0 aliphatic rings. The largest absolute Gasteiger partial charge is 0.412 e. The van der Waals surface area contributed by atoms with E-state index < -0.39 is 8.32 Å². The normalized spacial score (nSPS) is 18.9. The highest BCUT2D eigenvalue weighted by molar-refractivity contribution is 6.74. The van der Waals surface area contributed by atoms with Crippen molar-refractivity contribution in [3.8, 4) is 0 Å². The molecule has 0 aliphatic carbocycles. The zero-order valence-corrected chi connectivity index (χ0v) is 13.7. The van der Waals surface area contributed by atoms with Gasteiger partial charge in [-0.1, -0.05) is 27.7 Å². The van der Waals surface area contributed by atoms with E-state index in [-0.39, 0.29) is 29.8 Å². The monoisotopic (exact) mass is 262 g/mol. The van der Waals surface area contributed by atoms with Crippen LogP contribution in [0.3, 0.4) is 0 Å². The van der Waals surface area contributed by atoms with E-state index in [1.165, 1.54) is 0 Å². The molecule has 0 aromatic rings. The van der Waals surface area contributed by atoms with Crippen LogP contribution in [0.5, 0.6) is 0 Å². The van der Waals surface area contributed by atoms with Gasteiger partial charge in [-0.3, -0.25) is 0 Å². The van der Waals surface area contributed by atoms with Gasteiger partial charge in [0.25, 0.3) is 0 Å². The van der Waals surface area contributed by atoms with Gasteiger partial charge in [-0.05, 0) is 25.1 Å². The fourth-order valence-electron chi connectivity index (χ4n) is 1.70. The molecular formula is C13H30O3Si. The first kappa shape index (κ1) is 17.1. The Bertz CT molecular complexity index is 223. The summed E-state index contributed by atoms with van der Waals surface area (Å²) in [7, 11) is -0.0844. The average Bonchev–Trinajstić information content (AvgIpc) is 2.15. The summed E-state index contributed by atoms with van der Waals surface area (Å²) in [5.74, 6) is 0.0970. The lowest BCUT2D eigenvalue weighted by Gasteiger charge is -2.41. The zero-order valence-electron chi connectivity index (χ0n) is 12.7. The van der Waals surface area contributed by atoms with E-state index in [4.69, 9.17) is 9.16 Å². The molecule has 0 saturated carbocycles. The Morgan fingerprint density at radius 2 is 1.65 bits per heavy atom. The van der Waals surface area contributed by atoms with Crippen LogP contribution in [0, 0.1) is 5.92 Å². The lowest BCUT2D eigenvalue weighted by molar-refractivity contribution is -0.0399. The lowest BCUT2D eigenvalue weighted by atomic mass is 10.0. The summed E-state index contributed by atoms with van der Waals surface area (Å²) in [6, 6.07) is 0. The summed E-state index contributed by atoms with van der Waals surface area (Å²) in [6.07, 6.45) is -0.0304. The van der Waals surface area contributed by atoms with Crippen LogP contribution in [0.4, 0.5) is 0 Å². The zero-order chi connectivity index (χ0) is 13.9. The molecule has 0 bridgehead atoms. The second kappa shape index (κ2) is 6.32. The van der Waals surface area contributed by atoms with Gasteiger partial charge in [0.2, 0.25) is 0 Å². The summed E-state index contributed by atoms with van der Waals surface area (Å²) in [6.45, 7) is 15.3. The number of hydrogen-bond donors (Lipinski definition) is 1. The van der Waals surface area contributed by atoms with Gasteiger partial charge in [-0.15, -0.1) is 0 Å². The molecule has 0 saturated heterocycles. The van der Waals surface area contributed by atoms with Crippen molar-refractivity contribution in [3.63, 3.8) is 0 Å².